The smallest absolute Gasteiger partial charge is 0.238 e. The number of aromatic nitrogens is 4. The number of hydrogen-bond acceptors (Lipinski definition) is 4. The standard InChI is InChI=1S/C33H20N4S/c1-3-11-21(12-4-1)31-34-32(22-13-5-2-6-14-22)36-33(35-31)37-27-17-9-7-15-23(27)25-19-20-26-24-16-8-10-18-28(24)38-30(26)29(25)37/h1-20H/i1D,2D,3D,4D,5D,6D,7D,8D,9D,10D,11D,12D,13D,14D,15D,16D,17D,18D,19D,20D. The van der Waals surface area contributed by atoms with Crippen LogP contribution in [0.4, 0.5) is 0 Å². The maximum atomic E-state index is 9.24. The molecule has 4 nitrogen and oxygen atoms in total. The summed E-state index contributed by atoms with van der Waals surface area (Å²) in [6, 6.07) is -14.2. The molecule has 0 fully saturated rings. The van der Waals surface area contributed by atoms with Crippen molar-refractivity contribution in [3.63, 3.8) is 0 Å². The topological polar surface area (TPSA) is 43.6 Å². The highest BCUT2D eigenvalue weighted by Crippen LogP contribution is 2.42. The van der Waals surface area contributed by atoms with Crippen molar-refractivity contribution >= 4 is 53.3 Å². The second kappa shape index (κ2) is 8.33. The Hall–Kier alpha value is -4.87. The minimum absolute atomic E-state index is 0.0137. The predicted octanol–water partition coefficient (Wildman–Crippen LogP) is 8.67. The van der Waals surface area contributed by atoms with E-state index in [1.165, 1.54) is 0 Å². The summed E-state index contributed by atoms with van der Waals surface area (Å²) < 4.78 is 173. The van der Waals surface area contributed by atoms with Crippen LogP contribution in [0.2, 0.25) is 0 Å². The predicted molar refractivity (Wildman–Crippen MR) is 158 cm³/mol. The Bertz CT molecular complexity index is 3100. The zero-order valence-electron chi connectivity index (χ0n) is 38.7. The zero-order valence-corrected chi connectivity index (χ0v) is 19.5. The van der Waals surface area contributed by atoms with Gasteiger partial charge in [-0.05, 0) is 12.1 Å². The van der Waals surface area contributed by atoms with Crippen molar-refractivity contribution in [3.05, 3.63) is 121 Å². The van der Waals surface area contributed by atoms with Gasteiger partial charge in [-0.25, -0.2) is 4.98 Å². The Morgan fingerprint density at radius 1 is 0.526 bits per heavy atom. The molecule has 5 heteroatoms. The van der Waals surface area contributed by atoms with Gasteiger partial charge in [0.15, 0.2) is 11.6 Å². The van der Waals surface area contributed by atoms with Gasteiger partial charge in [0.25, 0.3) is 0 Å². The first kappa shape index (κ1) is 9.46. The summed E-state index contributed by atoms with van der Waals surface area (Å²) in [4.78, 5) is 13.2. The number of rotatable bonds is 3. The molecule has 3 aromatic heterocycles. The Balaban J connectivity index is 1.69. The molecule has 5 aromatic carbocycles. The molecule has 38 heavy (non-hydrogen) atoms. The van der Waals surface area contributed by atoms with E-state index in [1.54, 1.807) is 0 Å². The normalized spacial score (nSPS) is 19.1. The van der Waals surface area contributed by atoms with Crippen LogP contribution in [-0.4, -0.2) is 19.5 Å². The van der Waals surface area contributed by atoms with Crippen molar-refractivity contribution in [1.82, 2.24) is 19.5 Å². The summed E-state index contributed by atoms with van der Waals surface area (Å²) in [7, 11) is 0. The van der Waals surface area contributed by atoms with Gasteiger partial charge in [0.05, 0.1) is 43.1 Å². The third kappa shape index (κ3) is 3.19. The molecule has 0 unspecified atom stereocenters. The van der Waals surface area contributed by atoms with E-state index in [0.29, 0.717) is 0 Å². The second-order valence-electron chi connectivity index (χ2n) is 7.83. The first-order chi connectivity index (χ1) is 27.1. The maximum Gasteiger partial charge on any atom is 0.238 e. The second-order valence-corrected chi connectivity index (χ2v) is 8.85. The summed E-state index contributed by atoms with van der Waals surface area (Å²) in [5, 5.41) is -0.837. The number of benzene rings is 5. The number of nitrogens with zero attached hydrogens (tertiary/aromatic N) is 4. The molecule has 0 spiro atoms. The molecule has 0 saturated carbocycles. The Morgan fingerprint density at radius 3 is 1.82 bits per heavy atom. The summed E-state index contributed by atoms with van der Waals surface area (Å²) in [6.07, 6.45) is 0. The molecule has 8 aromatic rings. The van der Waals surface area contributed by atoms with Gasteiger partial charge in [-0.2, -0.15) is 9.97 Å². The monoisotopic (exact) mass is 524 g/mol. The van der Waals surface area contributed by atoms with Crippen molar-refractivity contribution in [2.75, 3.05) is 0 Å². The van der Waals surface area contributed by atoms with Gasteiger partial charge >= 0.3 is 0 Å². The molecule has 0 aliphatic heterocycles. The lowest BCUT2D eigenvalue weighted by Gasteiger charge is -2.11. The van der Waals surface area contributed by atoms with E-state index in [4.69, 9.17) is 26.0 Å². The van der Waals surface area contributed by atoms with Gasteiger partial charge in [0.1, 0.15) is 0 Å². The SMILES string of the molecule is [2H]c1c([2H])c([2H])c(-c2nc(-c3c([2H])c([2H])c([2H])c([2H])c3[2H])nc(-n3c4c([2H])c([2H])c([2H])c([2H])c4c4c([2H])c([2H])c5c(sc6c([2H])c([2H])c([2H])c([2H])c65)c43)n2)c([2H])c1[2H]. The highest BCUT2D eigenvalue weighted by atomic mass is 32.1. The molecule has 0 amide bonds. The summed E-state index contributed by atoms with van der Waals surface area (Å²) in [5.74, 6) is -2.02. The zero-order chi connectivity index (χ0) is 42.5. The Kier molecular flexibility index (Phi) is 2.07. The molecule has 0 atom stereocenters. The fourth-order valence-electron chi connectivity index (χ4n) is 4.18. The van der Waals surface area contributed by atoms with Crippen molar-refractivity contribution in [2.45, 2.75) is 0 Å². The van der Waals surface area contributed by atoms with Crippen LogP contribution in [0, 0.1) is 0 Å². The molecule has 0 aliphatic carbocycles. The van der Waals surface area contributed by atoms with E-state index in [-0.39, 0.29) is 36.5 Å². The van der Waals surface area contributed by atoms with Gasteiger partial charge in [0.2, 0.25) is 5.95 Å². The van der Waals surface area contributed by atoms with Crippen LogP contribution >= 0.6 is 11.3 Å². The van der Waals surface area contributed by atoms with Crippen molar-refractivity contribution in [1.29, 1.82) is 0 Å². The van der Waals surface area contributed by atoms with E-state index in [0.717, 1.165) is 15.9 Å². The highest BCUT2D eigenvalue weighted by Gasteiger charge is 2.20. The Morgan fingerprint density at radius 2 is 1.11 bits per heavy atom. The number of thiophene rings is 1. The first-order valence-electron chi connectivity index (χ1n) is 20.9. The van der Waals surface area contributed by atoms with Crippen molar-refractivity contribution in [2.24, 2.45) is 0 Å². The molecule has 0 N–H and O–H groups in total. The molecule has 178 valence electrons. The van der Waals surface area contributed by atoms with E-state index in [1.807, 2.05) is 0 Å². The van der Waals surface area contributed by atoms with Crippen LogP contribution in [-0.2, 0) is 0 Å². The van der Waals surface area contributed by atoms with Crippen molar-refractivity contribution in [3.8, 4) is 28.7 Å². The average molecular weight is 525 g/mol. The first-order valence-corrected chi connectivity index (χ1v) is 11.7. The minimum Gasteiger partial charge on any atom is -0.276 e. The van der Waals surface area contributed by atoms with Crippen LogP contribution < -0.4 is 0 Å². The quantitative estimate of drug-likeness (QED) is 0.232. The van der Waals surface area contributed by atoms with Crippen LogP contribution in [0.5, 0.6) is 0 Å². The molecule has 0 saturated heterocycles. The fourth-order valence-corrected chi connectivity index (χ4v) is 5.28. The number of para-hydroxylation sites is 1. The molecular weight excluding hydrogens is 484 g/mol. The summed E-state index contributed by atoms with van der Waals surface area (Å²) in [6.45, 7) is 0. The van der Waals surface area contributed by atoms with E-state index >= 15 is 0 Å². The number of fused-ring (bicyclic) bond motifs is 7. The van der Waals surface area contributed by atoms with Gasteiger partial charge < -0.3 is 0 Å². The average Bonchev–Trinajstić information content (AvgIpc) is 3.78. The Labute approximate surface area is 250 Å². The third-order valence-electron chi connectivity index (χ3n) is 5.73. The van der Waals surface area contributed by atoms with E-state index in [2.05, 4.69) is 15.0 Å². The number of hydrogen-bond donors (Lipinski definition) is 0. The lowest BCUT2D eigenvalue weighted by molar-refractivity contribution is 0.955. The molecule has 0 bridgehead atoms. The molecule has 0 radical (unpaired) electrons. The molecule has 3 heterocycles. The third-order valence-corrected chi connectivity index (χ3v) is 6.85. The van der Waals surface area contributed by atoms with Gasteiger partial charge in [0, 0.05) is 37.4 Å². The minimum atomic E-state index is -0.804. The van der Waals surface area contributed by atoms with Crippen LogP contribution in [0.15, 0.2) is 121 Å². The van der Waals surface area contributed by atoms with E-state index < -0.39 is 155 Å². The lowest BCUT2D eigenvalue weighted by atomic mass is 10.1. The maximum absolute atomic E-state index is 9.24. The summed E-state index contributed by atoms with van der Waals surface area (Å²) in [5.41, 5.74) is -1.82. The molecule has 0 aliphatic rings. The fraction of sp³-hybridized carbons (Fsp3) is 0. The van der Waals surface area contributed by atoms with Crippen LogP contribution in [0.3, 0.4) is 0 Å². The molecular formula is C33H20N4S. The largest absolute Gasteiger partial charge is 0.276 e. The van der Waals surface area contributed by atoms with Crippen molar-refractivity contribution < 1.29 is 27.4 Å². The molecule has 8 rings (SSSR count). The van der Waals surface area contributed by atoms with Crippen LogP contribution in [0.25, 0.3) is 70.7 Å². The van der Waals surface area contributed by atoms with Gasteiger partial charge in [-0.15, -0.1) is 11.3 Å². The summed E-state index contributed by atoms with van der Waals surface area (Å²) >= 11 is 0.761. The van der Waals surface area contributed by atoms with E-state index in [9.17, 15) is 1.37 Å². The van der Waals surface area contributed by atoms with Gasteiger partial charge in [-0.1, -0.05) is 109 Å². The lowest BCUT2D eigenvalue weighted by Crippen LogP contribution is -2.06. The van der Waals surface area contributed by atoms with Crippen LogP contribution in [0.1, 0.15) is 27.4 Å². The highest BCUT2D eigenvalue weighted by molar-refractivity contribution is 7.26. The van der Waals surface area contributed by atoms with Gasteiger partial charge in [-0.3, -0.25) is 4.57 Å².